The number of amides is 2. The molecule has 1 aliphatic rings. The highest BCUT2D eigenvalue weighted by Gasteiger charge is 2.21. The maximum atomic E-state index is 11.9. The normalized spacial score (nSPS) is 18.5. The molecule has 2 N–H and O–H groups in total. The molecule has 1 saturated heterocycles. The lowest BCUT2D eigenvalue weighted by Gasteiger charge is -2.15. The highest BCUT2D eigenvalue weighted by atomic mass is 16.5. The molecule has 1 aromatic rings. The molecule has 1 aromatic carbocycles. The number of nitrogens with one attached hydrogen (secondary N) is 2. The third-order valence-electron chi connectivity index (χ3n) is 3.79. The van der Waals surface area contributed by atoms with Crippen molar-refractivity contribution in [3.8, 4) is 5.75 Å². The Hall–Kier alpha value is -1.75. The van der Waals surface area contributed by atoms with Gasteiger partial charge in [0.25, 0.3) is 0 Å². The van der Waals surface area contributed by atoms with Crippen LogP contribution >= 0.6 is 0 Å². The van der Waals surface area contributed by atoms with Crippen molar-refractivity contribution >= 4 is 11.7 Å². The van der Waals surface area contributed by atoms with E-state index in [0.29, 0.717) is 5.92 Å². The van der Waals surface area contributed by atoms with Gasteiger partial charge in [-0.25, -0.2) is 4.79 Å². The Morgan fingerprint density at radius 3 is 3.10 bits per heavy atom. The van der Waals surface area contributed by atoms with E-state index in [1.165, 1.54) is 12.8 Å². The molecule has 5 heteroatoms. The standard InChI is InChI=1S/C16H25N3O2/c1-3-8-19-9-7-13(12-19)11-17-16(20)18-14-5-4-6-15(10-14)21-2/h4-6,10,13H,3,7-9,11-12H2,1-2H3,(H2,17,18,20). The lowest BCUT2D eigenvalue weighted by atomic mass is 10.1. The van der Waals surface area contributed by atoms with Crippen molar-refractivity contribution in [2.45, 2.75) is 19.8 Å². The van der Waals surface area contributed by atoms with Crippen molar-refractivity contribution in [2.24, 2.45) is 5.92 Å². The van der Waals surface area contributed by atoms with Crippen molar-refractivity contribution in [1.29, 1.82) is 0 Å². The molecular formula is C16H25N3O2. The third kappa shape index (κ3) is 4.93. The molecule has 0 spiro atoms. The zero-order valence-electron chi connectivity index (χ0n) is 12.9. The van der Waals surface area contributed by atoms with Crippen LogP contribution < -0.4 is 15.4 Å². The molecule has 5 nitrogen and oxygen atoms in total. The van der Waals surface area contributed by atoms with Crippen LogP contribution in [0.1, 0.15) is 19.8 Å². The summed E-state index contributed by atoms with van der Waals surface area (Å²) in [7, 11) is 1.61. The summed E-state index contributed by atoms with van der Waals surface area (Å²) in [5.41, 5.74) is 0.742. The number of urea groups is 1. The van der Waals surface area contributed by atoms with Crippen LogP contribution in [0.4, 0.5) is 10.5 Å². The van der Waals surface area contributed by atoms with Crippen LogP contribution in [0.3, 0.4) is 0 Å². The molecule has 0 bridgehead atoms. The predicted molar refractivity (Wildman–Crippen MR) is 84.9 cm³/mol. The average Bonchev–Trinajstić information content (AvgIpc) is 2.93. The van der Waals surface area contributed by atoms with Crippen LogP contribution in [0.25, 0.3) is 0 Å². The first kappa shape index (κ1) is 15.6. The monoisotopic (exact) mass is 291 g/mol. The molecule has 1 fully saturated rings. The molecule has 1 aliphatic heterocycles. The number of benzene rings is 1. The number of nitrogens with zero attached hydrogens (tertiary/aromatic N) is 1. The second-order valence-electron chi connectivity index (χ2n) is 5.52. The smallest absolute Gasteiger partial charge is 0.319 e. The van der Waals surface area contributed by atoms with Crippen LogP contribution in [-0.2, 0) is 0 Å². The number of hydrogen-bond donors (Lipinski definition) is 2. The van der Waals surface area contributed by atoms with Crippen molar-refractivity contribution in [2.75, 3.05) is 38.6 Å². The molecule has 1 unspecified atom stereocenters. The van der Waals surface area contributed by atoms with Crippen LogP contribution in [0.15, 0.2) is 24.3 Å². The van der Waals surface area contributed by atoms with E-state index >= 15 is 0 Å². The zero-order valence-corrected chi connectivity index (χ0v) is 12.9. The summed E-state index contributed by atoms with van der Waals surface area (Å²) in [5.74, 6) is 1.30. The van der Waals surface area contributed by atoms with Gasteiger partial charge >= 0.3 is 6.03 Å². The Labute approximate surface area is 126 Å². The minimum atomic E-state index is -0.155. The van der Waals surface area contributed by atoms with Crippen LogP contribution in [0, 0.1) is 5.92 Å². The third-order valence-corrected chi connectivity index (χ3v) is 3.79. The van der Waals surface area contributed by atoms with E-state index < -0.39 is 0 Å². The number of carbonyl (C=O) groups excluding carboxylic acids is 1. The fourth-order valence-electron chi connectivity index (χ4n) is 2.71. The summed E-state index contributed by atoms with van der Waals surface area (Å²) in [6.45, 7) is 6.33. The Bertz CT molecular complexity index is 465. The topological polar surface area (TPSA) is 53.6 Å². The van der Waals surface area contributed by atoms with Gasteiger partial charge in [0.1, 0.15) is 5.75 Å². The summed E-state index contributed by atoms with van der Waals surface area (Å²) >= 11 is 0. The van der Waals surface area contributed by atoms with E-state index in [4.69, 9.17) is 4.74 Å². The van der Waals surface area contributed by atoms with Crippen LogP contribution in [0.2, 0.25) is 0 Å². The van der Waals surface area contributed by atoms with Crippen molar-refractivity contribution in [3.05, 3.63) is 24.3 Å². The average molecular weight is 291 g/mol. The Kier molecular flexibility index (Phi) is 5.87. The molecular weight excluding hydrogens is 266 g/mol. The molecule has 21 heavy (non-hydrogen) atoms. The van der Waals surface area contributed by atoms with E-state index in [9.17, 15) is 4.79 Å². The van der Waals surface area contributed by atoms with Crippen molar-refractivity contribution in [1.82, 2.24) is 10.2 Å². The highest BCUT2D eigenvalue weighted by molar-refractivity contribution is 5.89. The Balaban J connectivity index is 1.72. The minimum Gasteiger partial charge on any atom is -0.497 e. The summed E-state index contributed by atoms with van der Waals surface area (Å²) in [6, 6.07) is 7.20. The highest BCUT2D eigenvalue weighted by Crippen LogP contribution is 2.17. The molecule has 0 aromatic heterocycles. The van der Waals surface area contributed by atoms with Crippen LogP contribution in [-0.4, -0.2) is 44.2 Å². The van der Waals surface area contributed by atoms with Gasteiger partial charge in [-0.15, -0.1) is 0 Å². The summed E-state index contributed by atoms with van der Waals surface area (Å²) in [5, 5.41) is 5.79. The van der Waals surface area contributed by atoms with Gasteiger partial charge in [-0.3, -0.25) is 0 Å². The number of anilines is 1. The largest absolute Gasteiger partial charge is 0.497 e. The van der Waals surface area contributed by atoms with Gasteiger partial charge < -0.3 is 20.3 Å². The number of methoxy groups -OCH3 is 1. The maximum Gasteiger partial charge on any atom is 0.319 e. The lowest BCUT2D eigenvalue weighted by Crippen LogP contribution is -2.34. The van der Waals surface area contributed by atoms with E-state index in [0.717, 1.165) is 37.6 Å². The number of ether oxygens (including phenoxy) is 1. The molecule has 2 rings (SSSR count). The summed E-state index contributed by atoms with van der Waals surface area (Å²) in [4.78, 5) is 14.4. The van der Waals surface area contributed by atoms with E-state index in [1.54, 1.807) is 13.2 Å². The summed E-state index contributed by atoms with van der Waals surface area (Å²) in [6.07, 6.45) is 2.36. The number of hydrogen-bond acceptors (Lipinski definition) is 3. The van der Waals surface area contributed by atoms with Gasteiger partial charge in [0, 0.05) is 24.8 Å². The van der Waals surface area contributed by atoms with Gasteiger partial charge in [0.05, 0.1) is 7.11 Å². The molecule has 116 valence electrons. The van der Waals surface area contributed by atoms with Gasteiger partial charge in [-0.2, -0.15) is 0 Å². The molecule has 0 radical (unpaired) electrons. The molecule has 0 aliphatic carbocycles. The quantitative estimate of drug-likeness (QED) is 0.847. The number of rotatable bonds is 6. The summed E-state index contributed by atoms with van der Waals surface area (Å²) < 4.78 is 5.14. The maximum absolute atomic E-state index is 11.9. The van der Waals surface area contributed by atoms with Gasteiger partial charge in [0.15, 0.2) is 0 Å². The van der Waals surface area contributed by atoms with Crippen LogP contribution in [0.5, 0.6) is 5.75 Å². The van der Waals surface area contributed by atoms with Gasteiger partial charge in [0.2, 0.25) is 0 Å². The Morgan fingerprint density at radius 1 is 1.48 bits per heavy atom. The first-order chi connectivity index (χ1) is 10.2. The number of carbonyl (C=O) groups is 1. The second-order valence-corrected chi connectivity index (χ2v) is 5.52. The van der Waals surface area contributed by atoms with Crippen molar-refractivity contribution < 1.29 is 9.53 Å². The fraction of sp³-hybridized carbons (Fsp3) is 0.562. The predicted octanol–water partition coefficient (Wildman–Crippen LogP) is 2.55. The van der Waals surface area contributed by atoms with E-state index in [1.807, 2.05) is 18.2 Å². The minimum absolute atomic E-state index is 0.155. The Morgan fingerprint density at radius 2 is 2.33 bits per heavy atom. The first-order valence-corrected chi connectivity index (χ1v) is 7.62. The molecule has 0 saturated carbocycles. The first-order valence-electron chi connectivity index (χ1n) is 7.62. The van der Waals surface area contributed by atoms with Gasteiger partial charge in [-0.05, 0) is 44.0 Å². The number of likely N-dealkylation sites (tertiary alicyclic amines) is 1. The van der Waals surface area contributed by atoms with E-state index in [2.05, 4.69) is 22.5 Å². The SMILES string of the molecule is CCCN1CCC(CNC(=O)Nc2cccc(OC)c2)C1. The second kappa shape index (κ2) is 7.88. The zero-order chi connectivity index (χ0) is 15.1. The lowest BCUT2D eigenvalue weighted by molar-refractivity contribution is 0.249. The van der Waals surface area contributed by atoms with Crippen molar-refractivity contribution in [3.63, 3.8) is 0 Å². The molecule has 2 amide bonds. The molecule has 1 heterocycles. The van der Waals surface area contributed by atoms with Gasteiger partial charge in [-0.1, -0.05) is 13.0 Å². The van der Waals surface area contributed by atoms with E-state index in [-0.39, 0.29) is 6.03 Å². The molecule has 1 atom stereocenters. The fourth-order valence-corrected chi connectivity index (χ4v) is 2.71.